The molecule has 3 N–H and O–H groups in total. The first-order chi connectivity index (χ1) is 12.1. The van der Waals surface area contributed by atoms with Crippen molar-refractivity contribution < 1.29 is 32.0 Å². The van der Waals surface area contributed by atoms with E-state index in [9.17, 15) is 27.2 Å². The Morgan fingerprint density at radius 3 is 2.46 bits per heavy atom. The second-order valence-electron chi connectivity index (χ2n) is 5.96. The first kappa shape index (κ1) is 19.9. The molecule has 0 saturated carbocycles. The smallest absolute Gasteiger partial charge is 0.313 e. The van der Waals surface area contributed by atoms with Crippen LogP contribution in [0.5, 0.6) is 0 Å². The average Bonchev–Trinajstić information content (AvgIpc) is 2.57. The quantitative estimate of drug-likeness (QED) is 0.550. The molecule has 0 bridgehead atoms. The molecule has 2 amide bonds. The van der Waals surface area contributed by atoms with E-state index >= 15 is 0 Å². The van der Waals surface area contributed by atoms with Crippen LogP contribution in [-0.2, 0) is 29.2 Å². The Morgan fingerprint density at radius 2 is 1.88 bits per heavy atom. The SMILES string of the molecule is CC(C)C(NS(=O)(=O)c1ccc(F)cc1)C(=O)NC1CONC(=O)C1=O. The second-order valence-corrected chi connectivity index (χ2v) is 7.68. The van der Waals surface area contributed by atoms with E-state index in [2.05, 4.69) is 14.9 Å². The Kier molecular flexibility index (Phi) is 6.05. The van der Waals surface area contributed by atoms with Crippen molar-refractivity contribution in [3.05, 3.63) is 30.1 Å². The molecule has 0 aliphatic carbocycles. The molecule has 1 aliphatic rings. The number of benzene rings is 1. The maximum Gasteiger partial charge on any atom is 0.313 e. The van der Waals surface area contributed by atoms with Gasteiger partial charge in [0, 0.05) is 0 Å². The Balaban J connectivity index is 2.15. The molecular weight excluding hydrogens is 369 g/mol. The van der Waals surface area contributed by atoms with Crippen LogP contribution in [0.15, 0.2) is 29.2 Å². The fraction of sp³-hybridized carbons (Fsp3) is 0.400. The Morgan fingerprint density at radius 1 is 1.27 bits per heavy atom. The number of hydrogen-bond acceptors (Lipinski definition) is 6. The lowest BCUT2D eigenvalue weighted by Gasteiger charge is -2.26. The van der Waals surface area contributed by atoms with Gasteiger partial charge in [0.25, 0.3) is 0 Å². The van der Waals surface area contributed by atoms with Gasteiger partial charge in [-0.25, -0.2) is 18.3 Å². The summed E-state index contributed by atoms with van der Waals surface area (Å²) in [5.41, 5.74) is 1.87. The van der Waals surface area contributed by atoms with Gasteiger partial charge in [-0.15, -0.1) is 0 Å². The molecule has 1 aromatic carbocycles. The Hall–Kier alpha value is -2.37. The van der Waals surface area contributed by atoms with Gasteiger partial charge in [-0.3, -0.25) is 19.2 Å². The normalized spacial score (nSPS) is 19.2. The van der Waals surface area contributed by atoms with Crippen molar-refractivity contribution in [2.24, 2.45) is 5.92 Å². The van der Waals surface area contributed by atoms with E-state index in [4.69, 9.17) is 0 Å². The monoisotopic (exact) mass is 387 g/mol. The maximum atomic E-state index is 13.0. The van der Waals surface area contributed by atoms with Crippen LogP contribution in [0.3, 0.4) is 0 Å². The molecule has 142 valence electrons. The summed E-state index contributed by atoms with van der Waals surface area (Å²) in [6.45, 7) is 2.93. The first-order valence-electron chi connectivity index (χ1n) is 7.66. The molecule has 1 heterocycles. The highest BCUT2D eigenvalue weighted by atomic mass is 32.2. The molecule has 11 heteroatoms. The number of Topliss-reactive ketones (excluding diaryl/α,β-unsaturated/α-hetero) is 1. The molecule has 26 heavy (non-hydrogen) atoms. The molecule has 2 unspecified atom stereocenters. The zero-order chi connectivity index (χ0) is 19.5. The highest BCUT2D eigenvalue weighted by molar-refractivity contribution is 7.89. The predicted molar refractivity (Wildman–Crippen MR) is 86.4 cm³/mol. The molecular formula is C15H18FN3O6S. The molecule has 1 aliphatic heterocycles. The Bertz CT molecular complexity index is 809. The summed E-state index contributed by atoms with van der Waals surface area (Å²) < 4.78 is 40.0. The van der Waals surface area contributed by atoms with Crippen molar-refractivity contribution in [2.45, 2.75) is 30.8 Å². The van der Waals surface area contributed by atoms with E-state index in [1.165, 1.54) is 0 Å². The highest BCUT2D eigenvalue weighted by Crippen LogP contribution is 2.13. The van der Waals surface area contributed by atoms with Gasteiger partial charge in [0.1, 0.15) is 24.5 Å². The van der Waals surface area contributed by atoms with Gasteiger partial charge >= 0.3 is 5.91 Å². The van der Waals surface area contributed by atoms with E-state index in [0.29, 0.717) is 0 Å². The Labute approximate surface area is 149 Å². The van der Waals surface area contributed by atoms with Crippen LogP contribution < -0.4 is 15.5 Å². The fourth-order valence-corrected chi connectivity index (χ4v) is 3.53. The van der Waals surface area contributed by atoms with Crippen LogP contribution in [0, 0.1) is 11.7 Å². The number of amides is 2. The minimum atomic E-state index is -4.10. The van der Waals surface area contributed by atoms with E-state index in [1.807, 2.05) is 5.48 Å². The van der Waals surface area contributed by atoms with Crippen LogP contribution in [0.2, 0.25) is 0 Å². The number of rotatable bonds is 6. The summed E-state index contributed by atoms with van der Waals surface area (Å²) in [6.07, 6.45) is 0. The third-order valence-electron chi connectivity index (χ3n) is 3.63. The lowest BCUT2D eigenvalue weighted by molar-refractivity contribution is -0.155. The molecule has 9 nitrogen and oxygen atoms in total. The van der Waals surface area contributed by atoms with E-state index < -0.39 is 51.4 Å². The molecule has 0 spiro atoms. The minimum Gasteiger partial charge on any atom is -0.342 e. The van der Waals surface area contributed by atoms with Crippen LogP contribution in [0.4, 0.5) is 4.39 Å². The molecule has 2 rings (SSSR count). The molecule has 0 radical (unpaired) electrons. The minimum absolute atomic E-state index is 0.214. The molecule has 1 fully saturated rings. The average molecular weight is 387 g/mol. The standard InChI is InChI=1S/C15H18FN3O6S/c1-8(2)12(14(21)17-11-7-25-18-15(22)13(11)20)19-26(23,24)10-5-3-9(16)4-6-10/h3-6,8,11-12,19H,7H2,1-2H3,(H,17,21)(H,18,22). The van der Waals surface area contributed by atoms with Gasteiger partial charge in [-0.05, 0) is 30.2 Å². The van der Waals surface area contributed by atoms with Crippen LogP contribution in [0.25, 0.3) is 0 Å². The third-order valence-corrected chi connectivity index (χ3v) is 5.08. The number of sulfonamides is 1. The molecule has 1 saturated heterocycles. The van der Waals surface area contributed by atoms with Gasteiger partial charge in [0.15, 0.2) is 0 Å². The summed E-state index contributed by atoms with van der Waals surface area (Å²) in [4.78, 5) is 39.9. The zero-order valence-corrected chi connectivity index (χ0v) is 14.8. The summed E-state index contributed by atoms with van der Waals surface area (Å²) in [6, 6.07) is 1.66. The molecule has 0 aromatic heterocycles. The summed E-state index contributed by atoms with van der Waals surface area (Å²) in [5.74, 6) is -3.76. The number of nitrogens with one attached hydrogen (secondary N) is 3. The number of hydrogen-bond donors (Lipinski definition) is 3. The second kappa shape index (κ2) is 7.89. The van der Waals surface area contributed by atoms with Crippen LogP contribution >= 0.6 is 0 Å². The number of carbonyl (C=O) groups is 3. The first-order valence-corrected chi connectivity index (χ1v) is 9.14. The maximum absolute atomic E-state index is 13.0. The van der Waals surface area contributed by atoms with Gasteiger partial charge in [0.05, 0.1) is 4.90 Å². The summed E-state index contributed by atoms with van der Waals surface area (Å²) >= 11 is 0. The number of ketones is 1. The van der Waals surface area contributed by atoms with Crippen molar-refractivity contribution in [1.29, 1.82) is 0 Å². The number of hydroxylamine groups is 1. The van der Waals surface area contributed by atoms with E-state index in [1.54, 1.807) is 13.8 Å². The topological polar surface area (TPSA) is 131 Å². The lowest BCUT2D eigenvalue weighted by Crippen LogP contribution is -2.59. The van der Waals surface area contributed by atoms with Crippen molar-refractivity contribution in [1.82, 2.24) is 15.5 Å². The largest absolute Gasteiger partial charge is 0.342 e. The fourth-order valence-electron chi connectivity index (χ4n) is 2.18. The number of carbonyl (C=O) groups excluding carboxylic acids is 3. The van der Waals surface area contributed by atoms with Crippen molar-refractivity contribution in [2.75, 3.05) is 6.61 Å². The van der Waals surface area contributed by atoms with Gasteiger partial charge in [-0.2, -0.15) is 4.72 Å². The van der Waals surface area contributed by atoms with E-state index in [-0.39, 0.29) is 11.5 Å². The lowest BCUT2D eigenvalue weighted by atomic mass is 10.0. The highest BCUT2D eigenvalue weighted by Gasteiger charge is 2.35. The third kappa shape index (κ3) is 4.62. The predicted octanol–water partition coefficient (Wildman–Crippen LogP) is -0.756. The van der Waals surface area contributed by atoms with Crippen molar-refractivity contribution >= 4 is 27.6 Å². The van der Waals surface area contributed by atoms with Crippen LogP contribution in [0.1, 0.15) is 13.8 Å². The zero-order valence-electron chi connectivity index (χ0n) is 14.0. The van der Waals surface area contributed by atoms with Gasteiger partial charge in [-0.1, -0.05) is 13.8 Å². The van der Waals surface area contributed by atoms with Crippen LogP contribution in [-0.4, -0.2) is 44.7 Å². The van der Waals surface area contributed by atoms with Crippen molar-refractivity contribution in [3.8, 4) is 0 Å². The van der Waals surface area contributed by atoms with Gasteiger partial charge < -0.3 is 5.32 Å². The molecule has 1 aromatic rings. The van der Waals surface area contributed by atoms with Crippen molar-refractivity contribution in [3.63, 3.8) is 0 Å². The van der Waals surface area contributed by atoms with E-state index in [0.717, 1.165) is 24.3 Å². The number of halogens is 1. The molecule has 2 atom stereocenters. The summed E-state index contributed by atoms with van der Waals surface area (Å²) in [5, 5.41) is 2.30. The summed E-state index contributed by atoms with van der Waals surface area (Å²) in [7, 11) is -4.10. The van der Waals surface area contributed by atoms with Gasteiger partial charge in [0.2, 0.25) is 21.7 Å².